The molecule has 3 rings (SSSR count). The number of aryl methyl sites for hydroxylation is 2. The molecule has 0 amide bonds. The Bertz CT molecular complexity index is 638. The summed E-state index contributed by atoms with van der Waals surface area (Å²) in [5.41, 5.74) is 3.83. The van der Waals surface area contributed by atoms with Gasteiger partial charge in [0.1, 0.15) is 5.75 Å². The first kappa shape index (κ1) is 15.2. The summed E-state index contributed by atoms with van der Waals surface area (Å²) in [7, 11) is 0. The number of thiophene rings is 1. The van der Waals surface area contributed by atoms with Crippen molar-refractivity contribution < 1.29 is 4.74 Å². The maximum Gasteiger partial charge on any atom is 0.142 e. The van der Waals surface area contributed by atoms with E-state index in [1.165, 1.54) is 33.3 Å². The summed E-state index contributed by atoms with van der Waals surface area (Å²) in [6.07, 6.45) is 3.68. The molecule has 1 aromatic heterocycles. The molecule has 0 fully saturated rings. The van der Waals surface area contributed by atoms with Crippen molar-refractivity contribution in [3.8, 4) is 5.75 Å². The van der Waals surface area contributed by atoms with Crippen molar-refractivity contribution in [1.29, 1.82) is 0 Å². The quantitative estimate of drug-likeness (QED) is 0.664. The summed E-state index contributed by atoms with van der Waals surface area (Å²) in [6.45, 7) is 4.84. The molecule has 1 atom stereocenters. The van der Waals surface area contributed by atoms with Crippen molar-refractivity contribution >= 4 is 39.6 Å². The zero-order chi connectivity index (χ0) is 14.8. The zero-order valence-electron chi connectivity index (χ0n) is 12.4. The van der Waals surface area contributed by atoms with Crippen LogP contribution in [-0.4, -0.2) is 6.61 Å². The molecule has 112 valence electrons. The normalized spacial score (nSPS) is 17.4. The lowest BCUT2D eigenvalue weighted by molar-refractivity contribution is 0.341. The predicted molar refractivity (Wildman–Crippen MR) is 98.7 cm³/mol. The van der Waals surface area contributed by atoms with E-state index < -0.39 is 0 Å². The largest absolute Gasteiger partial charge is 0.492 e. The van der Waals surface area contributed by atoms with Gasteiger partial charge in [-0.3, -0.25) is 0 Å². The Morgan fingerprint density at radius 2 is 2.24 bits per heavy atom. The highest BCUT2D eigenvalue weighted by Gasteiger charge is 2.23. The number of fused-ring (bicyclic) bond motifs is 1. The summed E-state index contributed by atoms with van der Waals surface area (Å²) < 4.78 is 7.18. The van der Waals surface area contributed by atoms with Gasteiger partial charge in [-0.25, -0.2) is 0 Å². The fourth-order valence-electron chi connectivity index (χ4n) is 2.88. The minimum absolute atomic E-state index is 0.412. The van der Waals surface area contributed by atoms with Crippen LogP contribution < -0.4 is 10.1 Å². The highest BCUT2D eigenvalue weighted by molar-refractivity contribution is 14.1. The molecule has 0 spiro atoms. The summed E-state index contributed by atoms with van der Waals surface area (Å²) in [5.74, 6) is 0.967. The van der Waals surface area contributed by atoms with Crippen molar-refractivity contribution in [2.45, 2.75) is 39.2 Å². The molecular weight excluding hydrogens is 393 g/mol. The first-order chi connectivity index (χ1) is 10.2. The third-order valence-corrected chi connectivity index (χ3v) is 5.82. The van der Waals surface area contributed by atoms with Gasteiger partial charge in [0, 0.05) is 4.88 Å². The van der Waals surface area contributed by atoms with Crippen molar-refractivity contribution in [2.75, 3.05) is 11.9 Å². The molecule has 2 nitrogen and oxygen atoms in total. The molecular formula is C17H20INOS. The van der Waals surface area contributed by atoms with Gasteiger partial charge in [0.25, 0.3) is 0 Å². The predicted octanol–water partition coefficient (Wildman–Crippen LogP) is 5.55. The second kappa shape index (κ2) is 6.57. The average Bonchev–Trinajstić information content (AvgIpc) is 2.83. The average molecular weight is 413 g/mol. The maximum absolute atomic E-state index is 5.79. The number of ether oxygens (including phenoxy) is 1. The summed E-state index contributed by atoms with van der Waals surface area (Å²) in [4.78, 5) is 1.55. The summed E-state index contributed by atoms with van der Waals surface area (Å²) >= 11 is 4.37. The lowest BCUT2D eigenvalue weighted by Crippen LogP contribution is -2.16. The lowest BCUT2D eigenvalue weighted by Gasteiger charge is -2.25. The van der Waals surface area contributed by atoms with Crippen LogP contribution in [0.3, 0.4) is 0 Å². The van der Waals surface area contributed by atoms with Gasteiger partial charge in [-0.15, -0.1) is 11.3 Å². The van der Waals surface area contributed by atoms with Gasteiger partial charge >= 0.3 is 0 Å². The number of hydrogen-bond acceptors (Lipinski definition) is 3. The van der Waals surface area contributed by atoms with Gasteiger partial charge in [0.2, 0.25) is 0 Å². The number of halogens is 1. The summed E-state index contributed by atoms with van der Waals surface area (Å²) in [5, 5.41) is 3.71. The first-order valence-corrected chi connectivity index (χ1v) is 9.35. The van der Waals surface area contributed by atoms with Crippen LogP contribution in [0.1, 0.15) is 41.8 Å². The van der Waals surface area contributed by atoms with Crippen LogP contribution in [0.25, 0.3) is 0 Å². The molecule has 1 unspecified atom stereocenters. The Hall–Kier alpha value is -0.750. The Balaban J connectivity index is 1.87. The molecule has 1 N–H and O–H groups in total. The van der Waals surface area contributed by atoms with E-state index in [1.54, 1.807) is 4.88 Å². The van der Waals surface area contributed by atoms with Gasteiger partial charge in [0.15, 0.2) is 0 Å². The molecule has 1 heterocycles. The fourth-order valence-corrected chi connectivity index (χ4v) is 5.00. The van der Waals surface area contributed by atoms with Crippen molar-refractivity contribution in [2.24, 2.45) is 0 Å². The fraction of sp³-hybridized carbons (Fsp3) is 0.412. The molecule has 0 saturated heterocycles. The molecule has 2 aromatic rings. The number of rotatable bonds is 4. The van der Waals surface area contributed by atoms with Gasteiger partial charge in [0.05, 0.1) is 21.2 Å². The minimum Gasteiger partial charge on any atom is -0.492 e. The topological polar surface area (TPSA) is 21.3 Å². The monoisotopic (exact) mass is 413 g/mol. The highest BCUT2D eigenvalue weighted by Crippen LogP contribution is 2.39. The van der Waals surface area contributed by atoms with Crippen LogP contribution in [0, 0.1) is 9.81 Å². The van der Waals surface area contributed by atoms with Crippen molar-refractivity contribution in [3.63, 3.8) is 0 Å². The Labute approximate surface area is 144 Å². The van der Waals surface area contributed by atoms with E-state index in [9.17, 15) is 0 Å². The van der Waals surface area contributed by atoms with Crippen LogP contribution in [0.2, 0.25) is 0 Å². The molecule has 0 aliphatic heterocycles. The molecule has 1 aliphatic carbocycles. The Kier molecular flexibility index (Phi) is 4.74. The van der Waals surface area contributed by atoms with Crippen LogP contribution in [0.15, 0.2) is 24.3 Å². The molecule has 0 saturated carbocycles. The minimum atomic E-state index is 0.412. The van der Waals surface area contributed by atoms with E-state index in [0.717, 1.165) is 11.4 Å². The number of benzene rings is 1. The third kappa shape index (κ3) is 3.37. The molecule has 1 aromatic carbocycles. The molecule has 21 heavy (non-hydrogen) atoms. The molecule has 0 radical (unpaired) electrons. The third-order valence-electron chi connectivity index (χ3n) is 3.85. The van der Waals surface area contributed by atoms with E-state index in [0.29, 0.717) is 12.6 Å². The van der Waals surface area contributed by atoms with Gasteiger partial charge in [-0.1, -0.05) is 6.07 Å². The molecule has 1 aliphatic rings. The molecule has 4 heteroatoms. The van der Waals surface area contributed by atoms with Gasteiger partial charge in [-0.05, 0) is 85.0 Å². The van der Waals surface area contributed by atoms with Crippen LogP contribution in [0.4, 0.5) is 5.69 Å². The van der Waals surface area contributed by atoms with E-state index >= 15 is 0 Å². The molecule has 0 bridgehead atoms. The van der Waals surface area contributed by atoms with Gasteiger partial charge < -0.3 is 10.1 Å². The van der Waals surface area contributed by atoms with Crippen LogP contribution >= 0.6 is 33.9 Å². The van der Waals surface area contributed by atoms with Crippen LogP contribution in [0.5, 0.6) is 5.75 Å². The Morgan fingerprint density at radius 1 is 1.38 bits per heavy atom. The van der Waals surface area contributed by atoms with Crippen LogP contribution in [-0.2, 0) is 6.42 Å². The lowest BCUT2D eigenvalue weighted by atomic mass is 9.94. The highest BCUT2D eigenvalue weighted by atomic mass is 127. The van der Waals surface area contributed by atoms with Crippen molar-refractivity contribution in [1.82, 2.24) is 0 Å². The SMILES string of the molecule is CCOc1cc(C)ccc1NC1CCCc2sc(I)cc21. The second-order valence-electron chi connectivity index (χ2n) is 5.45. The number of anilines is 1. The van der Waals surface area contributed by atoms with E-state index in [2.05, 4.69) is 59.1 Å². The second-order valence-corrected chi connectivity index (χ2v) is 8.48. The number of hydrogen-bond donors (Lipinski definition) is 1. The number of nitrogens with one attached hydrogen (secondary N) is 1. The smallest absolute Gasteiger partial charge is 0.142 e. The van der Waals surface area contributed by atoms with E-state index in [-0.39, 0.29) is 0 Å². The standard InChI is InChI=1S/C17H20INOS/c1-3-20-15-9-11(2)7-8-14(15)19-13-5-4-6-16-12(13)10-17(18)21-16/h7-10,13,19H,3-6H2,1-2H3. The maximum atomic E-state index is 5.79. The summed E-state index contributed by atoms with van der Waals surface area (Å²) in [6, 6.07) is 9.16. The zero-order valence-corrected chi connectivity index (χ0v) is 15.4. The van der Waals surface area contributed by atoms with Gasteiger partial charge in [-0.2, -0.15) is 0 Å². The van der Waals surface area contributed by atoms with Crippen molar-refractivity contribution in [3.05, 3.63) is 43.2 Å². The van der Waals surface area contributed by atoms with E-state index in [1.807, 2.05) is 18.3 Å². The Morgan fingerprint density at radius 3 is 3.05 bits per heavy atom. The first-order valence-electron chi connectivity index (χ1n) is 7.45. The van der Waals surface area contributed by atoms with E-state index in [4.69, 9.17) is 4.74 Å².